The molecule has 27 heavy (non-hydrogen) atoms. The van der Waals surface area contributed by atoms with Crippen molar-refractivity contribution in [3.8, 4) is 0 Å². The van der Waals surface area contributed by atoms with Gasteiger partial charge in [0.15, 0.2) is 0 Å². The first-order valence-corrected chi connectivity index (χ1v) is 9.76. The summed E-state index contributed by atoms with van der Waals surface area (Å²) in [5.41, 5.74) is 2.18. The molecule has 142 valence electrons. The Bertz CT molecular complexity index is 981. The Hall–Kier alpha value is -2.97. The zero-order chi connectivity index (χ0) is 20.0. The third-order valence-corrected chi connectivity index (χ3v) is 4.84. The van der Waals surface area contributed by atoms with Gasteiger partial charge in [-0.25, -0.2) is 13.6 Å². The second kappa shape index (κ2) is 8.61. The molecule has 0 heterocycles. The molecule has 0 saturated heterocycles. The van der Waals surface area contributed by atoms with Crippen LogP contribution in [0, 0.1) is 0 Å². The Kier molecular flexibility index (Phi) is 6.49. The number of hydrogen-bond donors (Lipinski definition) is 3. The molecule has 0 saturated carbocycles. The van der Waals surface area contributed by atoms with Crippen LogP contribution in [0.25, 0.3) is 6.08 Å². The molecule has 0 bridgehead atoms. The van der Waals surface area contributed by atoms with Crippen LogP contribution in [-0.2, 0) is 21.2 Å². The number of anilines is 1. The topological polar surface area (TPSA) is 118 Å². The monoisotopic (exact) mass is 387 g/mol. The van der Waals surface area contributed by atoms with Gasteiger partial charge < -0.3 is 10.6 Å². The molecule has 0 aliphatic heterocycles. The van der Waals surface area contributed by atoms with E-state index in [2.05, 4.69) is 10.6 Å². The Labute approximate surface area is 158 Å². The van der Waals surface area contributed by atoms with Gasteiger partial charge in [0, 0.05) is 24.4 Å². The maximum atomic E-state index is 12.1. The Morgan fingerprint density at radius 1 is 1.11 bits per heavy atom. The molecule has 0 fully saturated rings. The number of hydrogen-bond acceptors (Lipinski definition) is 4. The molecule has 0 aliphatic rings. The highest BCUT2D eigenvalue weighted by Crippen LogP contribution is 2.20. The van der Waals surface area contributed by atoms with Gasteiger partial charge in [0.1, 0.15) is 0 Å². The number of benzene rings is 2. The summed E-state index contributed by atoms with van der Waals surface area (Å²) in [5, 5.41) is 10.4. The van der Waals surface area contributed by atoms with Crippen molar-refractivity contribution in [3.05, 3.63) is 65.2 Å². The number of nitrogens with one attached hydrogen (secondary N) is 2. The second-order valence-corrected chi connectivity index (χ2v) is 7.27. The van der Waals surface area contributed by atoms with Crippen molar-refractivity contribution in [3.63, 3.8) is 0 Å². The zero-order valence-electron chi connectivity index (χ0n) is 15.0. The van der Waals surface area contributed by atoms with Crippen LogP contribution in [0.3, 0.4) is 0 Å². The number of amides is 2. The lowest BCUT2D eigenvalue weighted by atomic mass is 10.1. The SMILES string of the molecule is CCc1ccc(NC(=O)/C=C/c2ccc(C(=O)NC)cc2)cc1S(N)(=O)=O. The Morgan fingerprint density at radius 3 is 2.33 bits per heavy atom. The molecule has 7 nitrogen and oxygen atoms in total. The standard InChI is InChI=1S/C19H21N3O4S/c1-3-14-9-10-16(12-17(14)27(20,25)26)22-18(23)11-6-13-4-7-15(8-5-13)19(24)21-2/h4-12H,3H2,1-2H3,(H,21,24)(H,22,23)(H2,20,25,26)/b11-6+. The first kappa shape index (κ1) is 20.3. The van der Waals surface area contributed by atoms with Gasteiger partial charge in [0.05, 0.1) is 4.90 Å². The minimum Gasteiger partial charge on any atom is -0.355 e. The molecular weight excluding hydrogens is 366 g/mol. The summed E-state index contributed by atoms with van der Waals surface area (Å²) in [7, 11) is -2.32. The summed E-state index contributed by atoms with van der Waals surface area (Å²) < 4.78 is 23.4. The normalized spacial score (nSPS) is 11.4. The number of rotatable bonds is 6. The molecule has 2 amide bonds. The molecule has 0 aliphatic carbocycles. The zero-order valence-corrected chi connectivity index (χ0v) is 15.8. The van der Waals surface area contributed by atoms with E-state index in [1.54, 1.807) is 49.5 Å². The molecule has 2 aromatic carbocycles. The van der Waals surface area contributed by atoms with Gasteiger partial charge in [0.2, 0.25) is 15.9 Å². The van der Waals surface area contributed by atoms with E-state index in [9.17, 15) is 18.0 Å². The van der Waals surface area contributed by atoms with E-state index in [-0.39, 0.29) is 10.8 Å². The lowest BCUT2D eigenvalue weighted by molar-refractivity contribution is -0.111. The molecule has 0 unspecified atom stereocenters. The van der Waals surface area contributed by atoms with Crippen molar-refractivity contribution in [1.82, 2.24) is 5.32 Å². The molecule has 0 aromatic heterocycles. The van der Waals surface area contributed by atoms with Crippen LogP contribution >= 0.6 is 0 Å². The molecule has 2 rings (SSSR count). The minimum atomic E-state index is -3.87. The summed E-state index contributed by atoms with van der Waals surface area (Å²) in [4.78, 5) is 23.6. The van der Waals surface area contributed by atoms with E-state index in [1.165, 1.54) is 12.1 Å². The van der Waals surface area contributed by atoms with Crippen LogP contribution in [-0.4, -0.2) is 27.3 Å². The highest BCUT2D eigenvalue weighted by atomic mass is 32.2. The highest BCUT2D eigenvalue weighted by molar-refractivity contribution is 7.89. The molecule has 4 N–H and O–H groups in total. The van der Waals surface area contributed by atoms with Crippen molar-refractivity contribution in [1.29, 1.82) is 0 Å². The quantitative estimate of drug-likeness (QED) is 0.656. The average molecular weight is 387 g/mol. The smallest absolute Gasteiger partial charge is 0.251 e. The first-order chi connectivity index (χ1) is 12.7. The van der Waals surface area contributed by atoms with Crippen LogP contribution in [0.15, 0.2) is 53.4 Å². The summed E-state index contributed by atoms with van der Waals surface area (Å²) in [5.74, 6) is -0.612. The number of carbonyl (C=O) groups excluding carboxylic acids is 2. The van der Waals surface area contributed by atoms with Crippen molar-refractivity contribution < 1.29 is 18.0 Å². The molecule has 0 radical (unpaired) electrons. The van der Waals surface area contributed by atoms with Gasteiger partial charge in [0.25, 0.3) is 5.91 Å². The van der Waals surface area contributed by atoms with E-state index in [4.69, 9.17) is 5.14 Å². The fraction of sp³-hybridized carbons (Fsp3) is 0.158. The van der Waals surface area contributed by atoms with E-state index in [0.717, 1.165) is 5.56 Å². The van der Waals surface area contributed by atoms with Crippen LogP contribution < -0.4 is 15.8 Å². The van der Waals surface area contributed by atoms with E-state index in [1.807, 2.05) is 6.92 Å². The Morgan fingerprint density at radius 2 is 1.78 bits per heavy atom. The summed E-state index contributed by atoms with van der Waals surface area (Å²) in [6.07, 6.45) is 3.41. The Balaban J connectivity index is 2.11. The summed E-state index contributed by atoms with van der Waals surface area (Å²) in [6, 6.07) is 11.3. The van der Waals surface area contributed by atoms with Crippen molar-refractivity contribution in [2.75, 3.05) is 12.4 Å². The van der Waals surface area contributed by atoms with E-state index < -0.39 is 15.9 Å². The van der Waals surface area contributed by atoms with Crippen molar-refractivity contribution >= 4 is 33.6 Å². The van der Waals surface area contributed by atoms with Crippen LogP contribution in [0.4, 0.5) is 5.69 Å². The fourth-order valence-electron chi connectivity index (χ4n) is 2.44. The van der Waals surface area contributed by atoms with Crippen molar-refractivity contribution in [2.45, 2.75) is 18.2 Å². The lowest BCUT2D eigenvalue weighted by Crippen LogP contribution is -2.17. The maximum absolute atomic E-state index is 12.1. The second-order valence-electron chi connectivity index (χ2n) is 5.74. The van der Waals surface area contributed by atoms with Gasteiger partial charge in [-0.15, -0.1) is 0 Å². The van der Waals surface area contributed by atoms with Gasteiger partial charge in [-0.2, -0.15) is 0 Å². The third-order valence-electron chi connectivity index (χ3n) is 3.85. The number of nitrogens with two attached hydrogens (primary N) is 1. The molecule has 2 aromatic rings. The van der Waals surface area contributed by atoms with Gasteiger partial charge >= 0.3 is 0 Å². The number of carbonyl (C=O) groups is 2. The molecular formula is C19H21N3O4S. The number of aryl methyl sites for hydroxylation is 1. The predicted molar refractivity (Wildman–Crippen MR) is 105 cm³/mol. The number of sulfonamides is 1. The summed E-state index contributed by atoms with van der Waals surface area (Å²) in [6.45, 7) is 1.82. The predicted octanol–water partition coefficient (Wildman–Crippen LogP) is 1.91. The minimum absolute atomic E-state index is 0.00318. The molecule has 8 heteroatoms. The lowest BCUT2D eigenvalue weighted by Gasteiger charge is -2.09. The molecule has 0 spiro atoms. The third kappa shape index (κ3) is 5.50. The highest BCUT2D eigenvalue weighted by Gasteiger charge is 2.14. The average Bonchev–Trinajstić information content (AvgIpc) is 2.65. The largest absolute Gasteiger partial charge is 0.355 e. The van der Waals surface area contributed by atoms with Crippen LogP contribution in [0.1, 0.15) is 28.4 Å². The van der Waals surface area contributed by atoms with Gasteiger partial charge in [-0.3, -0.25) is 9.59 Å². The fourth-order valence-corrected chi connectivity index (χ4v) is 3.30. The van der Waals surface area contributed by atoms with Crippen LogP contribution in [0.2, 0.25) is 0 Å². The first-order valence-electron chi connectivity index (χ1n) is 8.21. The van der Waals surface area contributed by atoms with Crippen LogP contribution in [0.5, 0.6) is 0 Å². The molecule has 0 atom stereocenters. The van der Waals surface area contributed by atoms with E-state index >= 15 is 0 Å². The van der Waals surface area contributed by atoms with E-state index in [0.29, 0.717) is 23.2 Å². The summed E-state index contributed by atoms with van der Waals surface area (Å²) >= 11 is 0. The van der Waals surface area contributed by atoms with Gasteiger partial charge in [-0.1, -0.05) is 25.1 Å². The van der Waals surface area contributed by atoms with Gasteiger partial charge in [-0.05, 0) is 47.9 Å². The maximum Gasteiger partial charge on any atom is 0.251 e. The van der Waals surface area contributed by atoms with Crippen molar-refractivity contribution in [2.24, 2.45) is 5.14 Å². The number of primary sulfonamides is 1.